The molecule has 0 spiro atoms. The number of aliphatic hydroxyl groups excluding tert-OH is 1. The Hall–Kier alpha value is -0.890. The summed E-state index contributed by atoms with van der Waals surface area (Å²) < 4.78 is 34.9. The zero-order valence-corrected chi connectivity index (χ0v) is 13.6. The molecule has 0 aromatic carbocycles. The standard InChI is InChI=1S/C14H24N2O4S/c1-10(2)16-8-14(7-13(16)9-17)21(18,19)15-12-4-5-20-11(3)6-12/h7-8,10-12,15,17H,4-6,9H2,1-3H3. The predicted molar refractivity (Wildman–Crippen MR) is 79.5 cm³/mol. The molecule has 21 heavy (non-hydrogen) atoms. The zero-order valence-electron chi connectivity index (χ0n) is 12.7. The monoisotopic (exact) mass is 316 g/mol. The van der Waals surface area contributed by atoms with Crippen molar-refractivity contribution in [3.05, 3.63) is 18.0 Å². The lowest BCUT2D eigenvalue weighted by Gasteiger charge is -2.27. The lowest BCUT2D eigenvalue weighted by atomic mass is 10.1. The Labute approximate surface area is 126 Å². The van der Waals surface area contributed by atoms with E-state index in [4.69, 9.17) is 4.74 Å². The molecule has 1 aromatic heterocycles. The Morgan fingerprint density at radius 3 is 2.76 bits per heavy atom. The Morgan fingerprint density at radius 2 is 2.24 bits per heavy atom. The van der Waals surface area contributed by atoms with Crippen LogP contribution < -0.4 is 4.72 Å². The summed E-state index contributed by atoms with van der Waals surface area (Å²) in [6, 6.07) is 1.53. The Morgan fingerprint density at radius 1 is 1.52 bits per heavy atom. The van der Waals surface area contributed by atoms with Crippen molar-refractivity contribution in [2.45, 2.75) is 63.3 Å². The molecule has 1 aliphatic rings. The molecule has 7 heteroatoms. The van der Waals surface area contributed by atoms with E-state index >= 15 is 0 Å². The lowest BCUT2D eigenvalue weighted by Crippen LogP contribution is -2.41. The van der Waals surface area contributed by atoms with Crippen LogP contribution in [0.1, 0.15) is 45.3 Å². The molecule has 2 N–H and O–H groups in total. The van der Waals surface area contributed by atoms with Gasteiger partial charge in [0.05, 0.1) is 17.6 Å². The van der Waals surface area contributed by atoms with E-state index in [9.17, 15) is 13.5 Å². The van der Waals surface area contributed by atoms with E-state index in [2.05, 4.69) is 4.72 Å². The number of rotatable bonds is 5. The summed E-state index contributed by atoms with van der Waals surface area (Å²) in [7, 11) is -3.57. The average Bonchev–Trinajstić information content (AvgIpc) is 2.83. The summed E-state index contributed by atoms with van der Waals surface area (Å²) in [6.07, 6.45) is 3.01. The number of aromatic nitrogens is 1. The number of hydrogen-bond donors (Lipinski definition) is 2. The maximum absolute atomic E-state index is 12.5. The topological polar surface area (TPSA) is 80.6 Å². The van der Waals surface area contributed by atoms with Crippen molar-refractivity contribution in [3.8, 4) is 0 Å². The molecule has 1 saturated heterocycles. The van der Waals surface area contributed by atoms with E-state index < -0.39 is 10.0 Å². The highest BCUT2D eigenvalue weighted by Crippen LogP contribution is 2.21. The fourth-order valence-corrected chi connectivity index (χ4v) is 3.98. The molecule has 2 atom stereocenters. The van der Waals surface area contributed by atoms with Crippen molar-refractivity contribution in [3.63, 3.8) is 0 Å². The van der Waals surface area contributed by atoms with Crippen molar-refractivity contribution >= 4 is 10.0 Å². The Kier molecular flexibility index (Phi) is 5.08. The van der Waals surface area contributed by atoms with Gasteiger partial charge in [-0.05, 0) is 39.7 Å². The van der Waals surface area contributed by atoms with Gasteiger partial charge < -0.3 is 14.4 Å². The maximum atomic E-state index is 12.5. The SMILES string of the molecule is CC1CC(NS(=O)(=O)c2cc(CO)n(C(C)C)c2)CCO1. The van der Waals surface area contributed by atoms with Crippen LogP contribution in [0.2, 0.25) is 0 Å². The van der Waals surface area contributed by atoms with Gasteiger partial charge in [-0.3, -0.25) is 0 Å². The first kappa shape index (κ1) is 16.5. The highest BCUT2D eigenvalue weighted by molar-refractivity contribution is 7.89. The third kappa shape index (κ3) is 3.85. The van der Waals surface area contributed by atoms with Gasteiger partial charge in [-0.2, -0.15) is 0 Å². The van der Waals surface area contributed by atoms with Crippen LogP contribution in [-0.2, 0) is 21.4 Å². The number of aliphatic hydroxyl groups is 1. The van der Waals surface area contributed by atoms with Crippen molar-refractivity contribution in [1.82, 2.24) is 9.29 Å². The second kappa shape index (κ2) is 6.48. The third-order valence-electron chi connectivity index (χ3n) is 3.74. The Balaban J connectivity index is 2.19. The van der Waals surface area contributed by atoms with Crippen LogP contribution in [0.5, 0.6) is 0 Å². The molecule has 2 rings (SSSR count). The van der Waals surface area contributed by atoms with E-state index in [1.54, 1.807) is 10.8 Å². The molecule has 1 aromatic rings. The first-order valence-corrected chi connectivity index (χ1v) is 8.77. The fourth-order valence-electron chi connectivity index (χ4n) is 2.64. The summed E-state index contributed by atoms with van der Waals surface area (Å²) in [5.41, 5.74) is 0.603. The van der Waals surface area contributed by atoms with Crippen molar-refractivity contribution in [2.24, 2.45) is 0 Å². The lowest BCUT2D eigenvalue weighted by molar-refractivity contribution is 0.0173. The quantitative estimate of drug-likeness (QED) is 0.860. The minimum Gasteiger partial charge on any atom is -0.390 e. The molecular formula is C14H24N2O4S. The normalized spacial score (nSPS) is 23.7. The molecule has 2 unspecified atom stereocenters. The third-order valence-corrected chi connectivity index (χ3v) is 5.23. The molecule has 0 saturated carbocycles. The fraction of sp³-hybridized carbons (Fsp3) is 0.714. The molecule has 1 aliphatic heterocycles. The summed E-state index contributed by atoms with van der Waals surface area (Å²) in [5.74, 6) is 0. The first-order valence-electron chi connectivity index (χ1n) is 7.29. The molecule has 0 amide bonds. The molecule has 0 radical (unpaired) electrons. The predicted octanol–water partition coefficient (Wildman–Crippen LogP) is 1.41. The van der Waals surface area contributed by atoms with Gasteiger partial charge in [-0.25, -0.2) is 13.1 Å². The number of nitrogens with one attached hydrogen (secondary N) is 1. The van der Waals surface area contributed by atoms with E-state index in [0.29, 0.717) is 25.1 Å². The van der Waals surface area contributed by atoms with Crippen LogP contribution in [0.15, 0.2) is 17.2 Å². The van der Waals surface area contributed by atoms with Gasteiger partial charge in [0, 0.05) is 30.6 Å². The molecule has 0 bridgehead atoms. The summed E-state index contributed by atoms with van der Waals surface area (Å²) in [4.78, 5) is 0.208. The smallest absolute Gasteiger partial charge is 0.242 e. The highest BCUT2D eigenvalue weighted by atomic mass is 32.2. The largest absolute Gasteiger partial charge is 0.390 e. The number of sulfonamides is 1. The van der Waals surface area contributed by atoms with Crippen molar-refractivity contribution < 1.29 is 18.3 Å². The van der Waals surface area contributed by atoms with Gasteiger partial charge in [0.2, 0.25) is 10.0 Å². The Bertz CT molecular complexity index is 580. The van der Waals surface area contributed by atoms with Crippen LogP contribution >= 0.6 is 0 Å². The molecule has 0 aliphatic carbocycles. The van der Waals surface area contributed by atoms with Crippen molar-refractivity contribution in [1.29, 1.82) is 0 Å². The van der Waals surface area contributed by atoms with E-state index in [-0.39, 0.29) is 29.7 Å². The number of ether oxygens (including phenoxy) is 1. The second-order valence-corrected chi connectivity index (χ2v) is 7.56. The minimum absolute atomic E-state index is 0.0692. The molecule has 6 nitrogen and oxygen atoms in total. The van der Waals surface area contributed by atoms with Crippen molar-refractivity contribution in [2.75, 3.05) is 6.61 Å². The minimum atomic E-state index is -3.57. The first-order chi connectivity index (χ1) is 9.83. The highest BCUT2D eigenvalue weighted by Gasteiger charge is 2.26. The number of hydrogen-bond acceptors (Lipinski definition) is 4. The van der Waals surface area contributed by atoms with Gasteiger partial charge in [0.1, 0.15) is 0 Å². The summed E-state index contributed by atoms with van der Waals surface area (Å²) in [5, 5.41) is 9.35. The molecule has 120 valence electrons. The van der Waals surface area contributed by atoms with E-state index in [1.165, 1.54) is 6.07 Å². The number of nitrogens with zero attached hydrogens (tertiary/aromatic N) is 1. The maximum Gasteiger partial charge on any atom is 0.242 e. The van der Waals surface area contributed by atoms with Crippen LogP contribution in [-0.4, -0.2) is 36.8 Å². The second-order valence-electron chi connectivity index (χ2n) is 5.85. The average molecular weight is 316 g/mol. The van der Waals surface area contributed by atoms with Crippen LogP contribution in [0.4, 0.5) is 0 Å². The van der Waals surface area contributed by atoms with Gasteiger partial charge in [-0.15, -0.1) is 0 Å². The molecule has 1 fully saturated rings. The summed E-state index contributed by atoms with van der Waals surface area (Å²) in [6.45, 7) is 6.23. The van der Waals surface area contributed by atoms with Crippen LogP contribution in [0, 0.1) is 0 Å². The van der Waals surface area contributed by atoms with Gasteiger partial charge in [-0.1, -0.05) is 0 Å². The zero-order chi connectivity index (χ0) is 15.6. The van der Waals surface area contributed by atoms with Gasteiger partial charge in [0.25, 0.3) is 0 Å². The van der Waals surface area contributed by atoms with E-state index in [1.807, 2.05) is 20.8 Å². The van der Waals surface area contributed by atoms with E-state index in [0.717, 1.165) is 0 Å². The summed E-state index contributed by atoms with van der Waals surface area (Å²) >= 11 is 0. The van der Waals surface area contributed by atoms with Crippen LogP contribution in [0.3, 0.4) is 0 Å². The van der Waals surface area contributed by atoms with Gasteiger partial charge >= 0.3 is 0 Å². The van der Waals surface area contributed by atoms with Gasteiger partial charge in [0.15, 0.2) is 0 Å². The molecule has 2 heterocycles. The van der Waals surface area contributed by atoms with Crippen LogP contribution in [0.25, 0.3) is 0 Å². The molecular weight excluding hydrogens is 292 g/mol.